The maximum atomic E-state index is 11.3. The number of rotatable bonds is 3. The average Bonchev–Trinajstić information content (AvgIpc) is 2.92. The van der Waals surface area contributed by atoms with Crippen LogP contribution in [0.1, 0.15) is 15.9 Å². The monoisotopic (exact) mass is 341 g/mol. The zero-order chi connectivity index (χ0) is 14.8. The summed E-state index contributed by atoms with van der Waals surface area (Å²) < 4.78 is 2.61. The number of aldehydes is 1. The minimum atomic E-state index is 0.521. The molecule has 0 radical (unpaired) electrons. The quantitative estimate of drug-likeness (QED) is 0.680. The number of aromatic nitrogens is 3. The van der Waals surface area contributed by atoms with Crippen molar-refractivity contribution < 1.29 is 4.79 Å². The topological polar surface area (TPSA) is 47.8 Å². The zero-order valence-electron chi connectivity index (χ0n) is 11.3. The summed E-state index contributed by atoms with van der Waals surface area (Å²) in [6.45, 7) is 2.01. The molecule has 0 bridgehead atoms. The molecule has 4 nitrogen and oxygen atoms in total. The molecular formula is C16H12BrN3O. The molecule has 0 spiro atoms. The van der Waals surface area contributed by atoms with Crippen molar-refractivity contribution in [2.45, 2.75) is 6.92 Å². The molecule has 104 valence electrons. The third-order valence-electron chi connectivity index (χ3n) is 3.20. The summed E-state index contributed by atoms with van der Waals surface area (Å²) in [5.41, 5.74) is 3.82. The molecule has 0 saturated heterocycles. The van der Waals surface area contributed by atoms with E-state index in [-0.39, 0.29) is 0 Å². The van der Waals surface area contributed by atoms with Crippen LogP contribution in [0.2, 0.25) is 0 Å². The fourth-order valence-electron chi connectivity index (χ4n) is 2.13. The van der Waals surface area contributed by atoms with Crippen molar-refractivity contribution in [2.75, 3.05) is 0 Å². The van der Waals surface area contributed by atoms with E-state index in [4.69, 9.17) is 0 Å². The number of para-hydroxylation sites is 1. The summed E-state index contributed by atoms with van der Waals surface area (Å²) >= 11 is 3.35. The molecule has 3 rings (SSSR count). The second-order valence-corrected chi connectivity index (χ2v) is 5.56. The van der Waals surface area contributed by atoms with Crippen LogP contribution in [0.25, 0.3) is 17.1 Å². The molecule has 0 aliphatic heterocycles. The Morgan fingerprint density at radius 2 is 2.00 bits per heavy atom. The van der Waals surface area contributed by atoms with Crippen molar-refractivity contribution >= 4 is 22.2 Å². The summed E-state index contributed by atoms with van der Waals surface area (Å²) in [5, 5.41) is 4.52. The molecule has 2 heterocycles. The Labute approximate surface area is 130 Å². The third kappa shape index (κ3) is 2.64. The first-order chi connectivity index (χ1) is 10.2. The summed E-state index contributed by atoms with van der Waals surface area (Å²) in [6.07, 6.45) is 4.23. The standard InChI is InChI=1S/C16H12BrN3O/c1-11-4-2-3-5-15(11)20-9-12(10-21)16(19-20)14-7-6-13(17)8-18-14/h2-10H,1H3. The van der Waals surface area contributed by atoms with Crippen LogP contribution in [0.15, 0.2) is 53.3 Å². The predicted molar refractivity (Wildman–Crippen MR) is 84.6 cm³/mol. The number of hydrogen-bond donors (Lipinski definition) is 0. The van der Waals surface area contributed by atoms with Gasteiger partial charge in [0.1, 0.15) is 5.69 Å². The minimum Gasteiger partial charge on any atom is -0.298 e. The van der Waals surface area contributed by atoms with Crippen LogP contribution in [-0.4, -0.2) is 21.1 Å². The maximum Gasteiger partial charge on any atom is 0.153 e. The normalized spacial score (nSPS) is 10.6. The molecule has 0 aliphatic carbocycles. The number of carbonyl (C=O) groups is 1. The molecule has 0 unspecified atom stereocenters. The molecule has 0 atom stereocenters. The highest BCUT2D eigenvalue weighted by molar-refractivity contribution is 9.10. The lowest BCUT2D eigenvalue weighted by Gasteiger charge is -2.04. The molecule has 5 heteroatoms. The second kappa shape index (κ2) is 5.61. The second-order valence-electron chi connectivity index (χ2n) is 4.64. The molecule has 0 fully saturated rings. The van der Waals surface area contributed by atoms with Gasteiger partial charge in [-0.15, -0.1) is 0 Å². The number of benzene rings is 1. The Morgan fingerprint density at radius 3 is 2.67 bits per heavy atom. The Bertz CT molecular complexity index is 794. The number of halogens is 1. The van der Waals surface area contributed by atoms with Crippen LogP contribution in [0.4, 0.5) is 0 Å². The molecular weight excluding hydrogens is 330 g/mol. The minimum absolute atomic E-state index is 0.521. The van der Waals surface area contributed by atoms with Gasteiger partial charge in [0.25, 0.3) is 0 Å². The largest absolute Gasteiger partial charge is 0.298 e. The molecule has 0 aliphatic rings. The number of pyridine rings is 1. The van der Waals surface area contributed by atoms with Crippen LogP contribution in [-0.2, 0) is 0 Å². The van der Waals surface area contributed by atoms with Crippen LogP contribution in [0.3, 0.4) is 0 Å². The zero-order valence-corrected chi connectivity index (χ0v) is 12.9. The predicted octanol–water partition coefficient (Wildman–Crippen LogP) is 3.82. The lowest BCUT2D eigenvalue weighted by molar-refractivity contribution is 0.112. The van der Waals surface area contributed by atoms with Crippen molar-refractivity contribution in [3.63, 3.8) is 0 Å². The van der Waals surface area contributed by atoms with Crippen LogP contribution in [0, 0.1) is 6.92 Å². The van der Waals surface area contributed by atoms with E-state index in [1.54, 1.807) is 17.1 Å². The van der Waals surface area contributed by atoms with Gasteiger partial charge in [-0.2, -0.15) is 5.10 Å². The number of nitrogens with zero attached hydrogens (tertiary/aromatic N) is 3. The van der Waals surface area contributed by atoms with E-state index in [0.717, 1.165) is 22.0 Å². The van der Waals surface area contributed by atoms with E-state index in [1.165, 1.54) is 0 Å². The average molecular weight is 342 g/mol. The Kier molecular flexibility index (Phi) is 3.66. The van der Waals surface area contributed by atoms with Gasteiger partial charge in [0.05, 0.1) is 16.9 Å². The molecule has 0 amide bonds. The molecule has 1 aromatic carbocycles. The lowest BCUT2D eigenvalue weighted by atomic mass is 10.2. The fraction of sp³-hybridized carbons (Fsp3) is 0.0625. The highest BCUT2D eigenvalue weighted by Gasteiger charge is 2.13. The van der Waals surface area contributed by atoms with Crippen molar-refractivity contribution in [2.24, 2.45) is 0 Å². The Hall–Kier alpha value is -2.27. The van der Waals surface area contributed by atoms with Gasteiger partial charge < -0.3 is 0 Å². The smallest absolute Gasteiger partial charge is 0.153 e. The van der Waals surface area contributed by atoms with Crippen LogP contribution >= 0.6 is 15.9 Å². The number of hydrogen-bond acceptors (Lipinski definition) is 3. The van der Waals surface area contributed by atoms with Gasteiger partial charge in [-0.25, -0.2) is 4.68 Å². The van der Waals surface area contributed by atoms with E-state index in [9.17, 15) is 4.79 Å². The van der Waals surface area contributed by atoms with E-state index in [1.807, 2.05) is 43.3 Å². The lowest BCUT2D eigenvalue weighted by Crippen LogP contribution is -1.97. The Balaban J connectivity index is 2.13. The molecule has 2 aromatic heterocycles. The maximum absolute atomic E-state index is 11.3. The van der Waals surface area contributed by atoms with E-state index >= 15 is 0 Å². The van der Waals surface area contributed by atoms with Gasteiger partial charge in [0, 0.05) is 16.9 Å². The van der Waals surface area contributed by atoms with E-state index in [0.29, 0.717) is 17.0 Å². The molecule has 0 saturated carbocycles. The molecule has 3 aromatic rings. The van der Waals surface area contributed by atoms with Gasteiger partial charge in [-0.05, 0) is 46.6 Å². The van der Waals surface area contributed by atoms with E-state index in [2.05, 4.69) is 26.0 Å². The third-order valence-corrected chi connectivity index (χ3v) is 3.67. The van der Waals surface area contributed by atoms with Crippen LogP contribution < -0.4 is 0 Å². The summed E-state index contributed by atoms with van der Waals surface area (Å²) in [7, 11) is 0. The number of carbonyl (C=O) groups excluding carboxylic acids is 1. The van der Waals surface area contributed by atoms with E-state index < -0.39 is 0 Å². The first kappa shape index (κ1) is 13.7. The highest BCUT2D eigenvalue weighted by atomic mass is 79.9. The van der Waals surface area contributed by atoms with Crippen molar-refractivity contribution in [1.29, 1.82) is 0 Å². The summed E-state index contributed by atoms with van der Waals surface area (Å²) in [5.74, 6) is 0. The van der Waals surface area contributed by atoms with Crippen molar-refractivity contribution in [1.82, 2.24) is 14.8 Å². The van der Waals surface area contributed by atoms with Crippen molar-refractivity contribution in [3.8, 4) is 17.1 Å². The first-order valence-corrected chi connectivity index (χ1v) is 7.21. The van der Waals surface area contributed by atoms with Crippen molar-refractivity contribution in [3.05, 3.63) is 64.4 Å². The Morgan fingerprint density at radius 1 is 1.19 bits per heavy atom. The number of aryl methyl sites for hydroxylation is 1. The first-order valence-electron chi connectivity index (χ1n) is 6.42. The SMILES string of the molecule is Cc1ccccc1-n1cc(C=O)c(-c2ccc(Br)cn2)n1. The van der Waals surface area contributed by atoms with Gasteiger partial charge in [-0.1, -0.05) is 18.2 Å². The highest BCUT2D eigenvalue weighted by Crippen LogP contribution is 2.23. The summed E-state index contributed by atoms with van der Waals surface area (Å²) in [4.78, 5) is 15.6. The van der Waals surface area contributed by atoms with Crippen LogP contribution in [0.5, 0.6) is 0 Å². The van der Waals surface area contributed by atoms with Gasteiger partial charge >= 0.3 is 0 Å². The summed E-state index contributed by atoms with van der Waals surface area (Å²) in [6, 6.07) is 11.6. The fourth-order valence-corrected chi connectivity index (χ4v) is 2.37. The van der Waals surface area contributed by atoms with Gasteiger partial charge in [0.2, 0.25) is 0 Å². The van der Waals surface area contributed by atoms with Gasteiger partial charge in [0.15, 0.2) is 6.29 Å². The molecule has 21 heavy (non-hydrogen) atoms. The van der Waals surface area contributed by atoms with Gasteiger partial charge in [-0.3, -0.25) is 9.78 Å². The molecule has 0 N–H and O–H groups in total.